The Hall–Kier alpha value is -7.76. The quantitative estimate of drug-likeness (QED) is 0.104. The van der Waals surface area contributed by atoms with E-state index in [9.17, 15) is 0 Å². The highest BCUT2D eigenvalue weighted by atomic mass is 32.1. The first kappa shape index (κ1) is 38.0. The Morgan fingerprint density at radius 1 is 0.328 bits per heavy atom. The maximum Gasteiger partial charge on any atom is 0.179 e. The summed E-state index contributed by atoms with van der Waals surface area (Å²) < 4.78 is 4.98. The molecule has 0 amide bonds. The van der Waals surface area contributed by atoms with Gasteiger partial charge in [-0.25, -0.2) is 0 Å². The zero-order chi connectivity index (χ0) is 42.5. The molecule has 64 heavy (non-hydrogen) atoms. The van der Waals surface area contributed by atoms with E-state index in [2.05, 4.69) is 264 Å². The van der Waals surface area contributed by atoms with Crippen LogP contribution in [0, 0.1) is 0 Å². The number of thiophene rings is 1. The highest BCUT2D eigenvalue weighted by molar-refractivity contribution is 7.26. The second-order valence-corrected chi connectivity index (χ2v) is 21.3. The van der Waals surface area contributed by atoms with Crippen molar-refractivity contribution in [2.45, 2.75) is 0 Å². The number of hydrogen-bond donors (Lipinski definition) is 0. The molecule has 4 heteroatoms. The molecular weight excluding hydrogens is 809 g/mol. The first-order chi connectivity index (χ1) is 31.8. The Bertz CT molecular complexity index is 3490. The number of anilines is 3. The van der Waals surface area contributed by atoms with E-state index in [0.29, 0.717) is 0 Å². The van der Waals surface area contributed by atoms with Gasteiger partial charge in [0.1, 0.15) is 0 Å². The number of hydrogen-bond acceptors (Lipinski definition) is 2. The average molecular weight is 851 g/mol. The lowest BCUT2D eigenvalue weighted by Gasteiger charge is -2.34. The fraction of sp³-hybridized carbons (Fsp3) is 0. The van der Waals surface area contributed by atoms with Gasteiger partial charge in [0.25, 0.3) is 0 Å². The molecule has 302 valence electrons. The molecule has 2 heterocycles. The molecule has 0 spiro atoms. The maximum absolute atomic E-state index is 2.63. The van der Waals surface area contributed by atoms with Crippen molar-refractivity contribution >= 4 is 99.2 Å². The van der Waals surface area contributed by atoms with Crippen LogP contribution in [0.1, 0.15) is 0 Å². The summed E-state index contributed by atoms with van der Waals surface area (Å²) in [6.45, 7) is 0. The molecule has 0 aliphatic rings. The van der Waals surface area contributed by atoms with Crippen LogP contribution >= 0.6 is 11.3 Å². The van der Waals surface area contributed by atoms with Crippen LogP contribution in [0.5, 0.6) is 0 Å². The molecule has 0 aliphatic carbocycles. The predicted octanol–water partition coefficient (Wildman–Crippen LogP) is 13.7. The smallest absolute Gasteiger partial charge is 0.179 e. The summed E-state index contributed by atoms with van der Waals surface area (Å²) in [6, 6.07) is 94.0. The van der Waals surface area contributed by atoms with Crippen LogP contribution in [0.25, 0.3) is 58.8 Å². The average Bonchev–Trinajstić information content (AvgIpc) is 3.93. The highest BCUT2D eigenvalue weighted by Crippen LogP contribution is 2.48. The number of benzene rings is 10. The highest BCUT2D eigenvalue weighted by Gasteiger charge is 2.41. The summed E-state index contributed by atoms with van der Waals surface area (Å²) in [5.41, 5.74) is 9.30. The standard InChI is InChI=1S/C60H42N2SSi/c1-5-19-45(20-6-1)61-53-29-15-13-27-51(53)59-54(61)30-17-31-55(59)62(56-32-18-34-58-60(56)52-28-14-16-33-57(52)63-58)46-39-35-43(36-40-46)44-37-41-50(42-38-44)64(47-21-7-2-8-22-47,48-23-9-3-10-24-48)49-25-11-4-12-26-49/h1-42H. The van der Waals surface area contributed by atoms with Gasteiger partial charge in [-0.2, -0.15) is 0 Å². The minimum absolute atomic E-state index is 1.11. The second kappa shape index (κ2) is 15.9. The van der Waals surface area contributed by atoms with Crippen molar-refractivity contribution in [3.05, 3.63) is 255 Å². The molecular formula is C60H42N2SSi. The first-order valence-corrected chi connectivity index (χ1v) is 24.7. The van der Waals surface area contributed by atoms with E-state index < -0.39 is 8.07 Å². The fourth-order valence-corrected chi connectivity index (χ4v) is 16.0. The first-order valence-electron chi connectivity index (χ1n) is 21.9. The van der Waals surface area contributed by atoms with Crippen LogP contribution < -0.4 is 25.6 Å². The molecule has 0 radical (unpaired) electrons. The van der Waals surface area contributed by atoms with Gasteiger partial charge in [0, 0.05) is 42.3 Å². The van der Waals surface area contributed by atoms with Gasteiger partial charge in [0.15, 0.2) is 8.07 Å². The van der Waals surface area contributed by atoms with E-state index in [-0.39, 0.29) is 0 Å². The van der Waals surface area contributed by atoms with Gasteiger partial charge in [0.05, 0.1) is 22.4 Å². The normalized spacial score (nSPS) is 11.8. The predicted molar refractivity (Wildman–Crippen MR) is 277 cm³/mol. The van der Waals surface area contributed by atoms with Crippen LogP contribution in [0.3, 0.4) is 0 Å². The third-order valence-corrected chi connectivity index (χ3v) is 18.9. The Morgan fingerprint density at radius 3 is 1.41 bits per heavy atom. The van der Waals surface area contributed by atoms with Crippen molar-refractivity contribution in [3.63, 3.8) is 0 Å². The van der Waals surface area contributed by atoms with Gasteiger partial charge in [-0.3, -0.25) is 0 Å². The van der Waals surface area contributed by atoms with Crippen molar-refractivity contribution < 1.29 is 0 Å². The molecule has 0 atom stereocenters. The van der Waals surface area contributed by atoms with Crippen molar-refractivity contribution in [3.8, 4) is 16.8 Å². The topological polar surface area (TPSA) is 8.17 Å². The van der Waals surface area contributed by atoms with Crippen LogP contribution in [-0.4, -0.2) is 12.6 Å². The molecule has 0 bridgehead atoms. The van der Waals surface area contributed by atoms with Gasteiger partial charge in [-0.05, 0) is 92.5 Å². The van der Waals surface area contributed by atoms with E-state index >= 15 is 0 Å². The molecule has 2 nitrogen and oxygen atoms in total. The lowest BCUT2D eigenvalue weighted by molar-refractivity contribution is 1.18. The monoisotopic (exact) mass is 850 g/mol. The molecule has 0 fully saturated rings. The lowest BCUT2D eigenvalue weighted by atomic mass is 10.0. The van der Waals surface area contributed by atoms with Gasteiger partial charge in [-0.1, -0.05) is 194 Å². The molecule has 0 N–H and O–H groups in total. The largest absolute Gasteiger partial charge is 0.309 e. The number of fused-ring (bicyclic) bond motifs is 6. The van der Waals surface area contributed by atoms with Crippen molar-refractivity contribution in [1.29, 1.82) is 0 Å². The zero-order valence-corrected chi connectivity index (χ0v) is 36.9. The van der Waals surface area contributed by atoms with Crippen LogP contribution in [-0.2, 0) is 0 Å². The van der Waals surface area contributed by atoms with E-state index in [0.717, 1.165) is 17.1 Å². The minimum Gasteiger partial charge on any atom is -0.309 e. The summed E-state index contributed by atoms with van der Waals surface area (Å²) in [5, 5.41) is 10.5. The van der Waals surface area contributed by atoms with Gasteiger partial charge in [0.2, 0.25) is 0 Å². The van der Waals surface area contributed by atoms with Crippen LogP contribution in [0.15, 0.2) is 255 Å². The molecule has 12 rings (SSSR count). The number of rotatable bonds is 9. The number of nitrogens with zero attached hydrogens (tertiary/aromatic N) is 2. The Morgan fingerprint density at radius 2 is 0.781 bits per heavy atom. The molecule has 10 aromatic carbocycles. The van der Waals surface area contributed by atoms with E-state index in [4.69, 9.17) is 0 Å². The third kappa shape index (κ3) is 6.14. The van der Waals surface area contributed by atoms with Gasteiger partial charge >= 0.3 is 0 Å². The van der Waals surface area contributed by atoms with Gasteiger partial charge < -0.3 is 9.47 Å². The summed E-state index contributed by atoms with van der Waals surface area (Å²) in [7, 11) is -2.63. The molecule has 2 aromatic heterocycles. The van der Waals surface area contributed by atoms with E-state index in [1.54, 1.807) is 0 Å². The summed E-state index contributed by atoms with van der Waals surface area (Å²) >= 11 is 1.86. The summed E-state index contributed by atoms with van der Waals surface area (Å²) in [5.74, 6) is 0. The summed E-state index contributed by atoms with van der Waals surface area (Å²) in [6.07, 6.45) is 0. The molecule has 12 aromatic rings. The Kier molecular flexibility index (Phi) is 9.40. The molecule has 0 aliphatic heterocycles. The van der Waals surface area contributed by atoms with Crippen molar-refractivity contribution in [1.82, 2.24) is 4.57 Å². The van der Waals surface area contributed by atoms with E-state index in [1.807, 2.05) is 11.3 Å². The minimum atomic E-state index is -2.63. The third-order valence-electron chi connectivity index (χ3n) is 12.9. The lowest BCUT2D eigenvalue weighted by Crippen LogP contribution is -2.74. The maximum atomic E-state index is 2.50. The Labute approximate surface area is 378 Å². The van der Waals surface area contributed by atoms with Crippen molar-refractivity contribution in [2.24, 2.45) is 0 Å². The Balaban J connectivity index is 1.03. The van der Waals surface area contributed by atoms with Crippen molar-refractivity contribution in [2.75, 3.05) is 4.90 Å². The zero-order valence-electron chi connectivity index (χ0n) is 35.1. The molecule has 0 unspecified atom stereocenters. The number of aromatic nitrogens is 1. The van der Waals surface area contributed by atoms with Gasteiger partial charge in [-0.15, -0.1) is 11.3 Å². The molecule has 0 saturated carbocycles. The van der Waals surface area contributed by atoms with Crippen LogP contribution in [0.2, 0.25) is 0 Å². The fourth-order valence-electron chi connectivity index (χ4n) is 10.2. The SMILES string of the molecule is c1ccc(-n2c3ccccc3c3c(N(c4ccc(-c5ccc([Si](c6ccccc6)(c6ccccc6)c6ccccc6)cc5)cc4)c4cccc5sc6ccccc6c45)cccc32)cc1. The second-order valence-electron chi connectivity index (χ2n) is 16.4. The number of para-hydroxylation sites is 2. The summed E-state index contributed by atoms with van der Waals surface area (Å²) in [4.78, 5) is 2.50. The van der Waals surface area contributed by atoms with E-state index in [1.165, 1.54) is 79.5 Å². The molecule has 0 saturated heterocycles. The van der Waals surface area contributed by atoms with Crippen LogP contribution in [0.4, 0.5) is 17.1 Å².